The van der Waals surface area contributed by atoms with E-state index in [1.807, 2.05) is 30.3 Å². The van der Waals surface area contributed by atoms with Crippen molar-refractivity contribution >= 4 is 60.5 Å². The van der Waals surface area contributed by atoms with Gasteiger partial charge in [0.2, 0.25) is 0 Å². The highest BCUT2D eigenvalue weighted by Gasteiger charge is 2.38. The van der Waals surface area contributed by atoms with Crippen molar-refractivity contribution in [1.29, 1.82) is 0 Å². The zero-order valence-electron chi connectivity index (χ0n) is 37.7. The number of rotatable bonds is 4. The third-order valence-corrected chi connectivity index (χ3v) is 13.1. The zero-order chi connectivity index (χ0) is 43.3. The zero-order valence-corrected chi connectivity index (χ0v) is 32.7. The molecule has 0 amide bonds. The van der Waals surface area contributed by atoms with Gasteiger partial charge in [0.25, 0.3) is 0 Å². The van der Waals surface area contributed by atoms with E-state index < -0.39 is 6.04 Å². The lowest BCUT2D eigenvalue weighted by Crippen LogP contribution is -2.18. The molecule has 2 aliphatic carbocycles. The van der Waals surface area contributed by atoms with Crippen molar-refractivity contribution in [3.05, 3.63) is 198 Å². The van der Waals surface area contributed by atoms with E-state index in [9.17, 15) is 2.74 Å². The Bertz CT molecular complexity index is 3520. The fourth-order valence-electron chi connectivity index (χ4n) is 10.3. The van der Waals surface area contributed by atoms with E-state index in [1.165, 1.54) is 44.5 Å². The summed E-state index contributed by atoms with van der Waals surface area (Å²) in [5, 5.41) is 5.54. The molecular weight excluding hydrogens is 703 g/mol. The summed E-state index contributed by atoms with van der Waals surface area (Å²) >= 11 is 0. The van der Waals surface area contributed by atoms with Gasteiger partial charge in [-0.15, -0.1) is 0 Å². The molecule has 9 aromatic carbocycles. The molecule has 0 aliphatic heterocycles. The van der Waals surface area contributed by atoms with Crippen molar-refractivity contribution in [3.8, 4) is 33.4 Å². The van der Waals surface area contributed by atoms with Crippen molar-refractivity contribution < 1.29 is 11.3 Å². The van der Waals surface area contributed by atoms with Gasteiger partial charge in [0, 0.05) is 44.4 Å². The number of fused-ring (bicyclic) bond motifs is 14. The highest BCUT2D eigenvalue weighted by Crippen LogP contribution is 2.54. The van der Waals surface area contributed by atoms with E-state index in [0.29, 0.717) is 22.1 Å². The molecule has 0 N–H and O–H groups in total. The Kier molecular flexibility index (Phi) is 5.80. The molecule has 0 saturated heterocycles. The molecular formula is C56H41NO. The SMILES string of the molecule is [2H]c1c([2H])c([2H])c(-c2cc(N(c3ccc4c(c3)C(C)(C)c3ccccc3-4)c3ccc4c(c3)C(C)(C)c3ccccc3-4)cc3oc4c5ccccc5c5ccccc5c4c23)c([2H])c1[2H]. The predicted molar refractivity (Wildman–Crippen MR) is 244 cm³/mol. The summed E-state index contributed by atoms with van der Waals surface area (Å²) in [6.07, 6.45) is 0. The van der Waals surface area contributed by atoms with Crippen LogP contribution in [-0.4, -0.2) is 0 Å². The molecule has 12 rings (SSSR count). The smallest absolute Gasteiger partial charge is 0.143 e. The van der Waals surface area contributed by atoms with Crippen LogP contribution < -0.4 is 4.90 Å². The average Bonchev–Trinajstić information content (AvgIpc) is 3.88. The molecule has 2 aliphatic rings. The minimum absolute atomic E-state index is 0.129. The van der Waals surface area contributed by atoms with Gasteiger partial charge in [0.1, 0.15) is 11.2 Å². The second kappa shape index (κ2) is 11.8. The van der Waals surface area contributed by atoms with Gasteiger partial charge in [-0.25, -0.2) is 0 Å². The topological polar surface area (TPSA) is 16.4 Å². The van der Waals surface area contributed by atoms with Crippen molar-refractivity contribution in [2.75, 3.05) is 4.90 Å². The van der Waals surface area contributed by atoms with Crippen LogP contribution in [-0.2, 0) is 10.8 Å². The van der Waals surface area contributed by atoms with Gasteiger partial charge in [-0.2, -0.15) is 0 Å². The Hall–Kier alpha value is -6.90. The lowest BCUT2D eigenvalue weighted by Gasteiger charge is -2.30. The summed E-state index contributed by atoms with van der Waals surface area (Å²) < 4.78 is 52.1. The Morgan fingerprint density at radius 2 is 0.931 bits per heavy atom. The molecule has 0 fully saturated rings. The van der Waals surface area contributed by atoms with Gasteiger partial charge in [0.15, 0.2) is 0 Å². The van der Waals surface area contributed by atoms with E-state index in [4.69, 9.17) is 8.53 Å². The van der Waals surface area contributed by atoms with E-state index in [2.05, 4.69) is 148 Å². The molecule has 0 atom stereocenters. The molecule has 1 aromatic heterocycles. The van der Waals surface area contributed by atoms with E-state index in [0.717, 1.165) is 44.0 Å². The molecule has 1 heterocycles. The first-order valence-electron chi connectivity index (χ1n) is 22.5. The second-order valence-corrected chi connectivity index (χ2v) is 16.9. The molecule has 58 heavy (non-hydrogen) atoms. The third kappa shape index (κ3) is 4.49. The first-order chi connectivity index (χ1) is 30.4. The molecule has 0 bridgehead atoms. The standard InChI is InChI=1S/C56H41NO/c1-55(2)47-24-14-12-20-40(47)42-28-26-35(31-49(42)55)57(36-27-29-43-41-21-13-15-25-48(41)56(3,4)50(43)32-36)37-30-46(34-16-6-5-7-17-34)52-51(33-37)58-54-45-23-11-9-19-39(45)38-18-8-10-22-44(38)53(52)54/h5-33H,1-4H3/i5D,6D,7D,16D,17D. The lowest BCUT2D eigenvalue weighted by molar-refractivity contribution is 0.660. The number of hydrogen-bond acceptors (Lipinski definition) is 2. The largest absolute Gasteiger partial charge is 0.455 e. The van der Waals surface area contributed by atoms with Gasteiger partial charge in [-0.1, -0.05) is 167 Å². The summed E-state index contributed by atoms with van der Waals surface area (Å²) in [7, 11) is 0. The normalized spacial score (nSPS) is 15.7. The first kappa shape index (κ1) is 28.5. The van der Waals surface area contributed by atoms with Crippen LogP contribution in [0.4, 0.5) is 17.1 Å². The van der Waals surface area contributed by atoms with Crippen LogP contribution in [0.5, 0.6) is 0 Å². The van der Waals surface area contributed by atoms with Crippen molar-refractivity contribution in [1.82, 2.24) is 0 Å². The van der Waals surface area contributed by atoms with Gasteiger partial charge >= 0.3 is 0 Å². The van der Waals surface area contributed by atoms with Crippen LogP contribution in [0.1, 0.15) is 56.8 Å². The first-order valence-corrected chi connectivity index (χ1v) is 20.0. The number of benzene rings is 9. The Balaban J connectivity index is 1.21. The molecule has 0 unspecified atom stereocenters. The van der Waals surface area contributed by atoms with Gasteiger partial charge in [0.05, 0.1) is 12.5 Å². The maximum Gasteiger partial charge on any atom is 0.143 e. The van der Waals surface area contributed by atoms with E-state index in [-0.39, 0.29) is 40.6 Å². The van der Waals surface area contributed by atoms with Crippen LogP contribution in [0.25, 0.3) is 76.9 Å². The highest BCUT2D eigenvalue weighted by molar-refractivity contribution is 6.32. The number of anilines is 3. The molecule has 0 spiro atoms. The van der Waals surface area contributed by atoms with E-state index in [1.54, 1.807) is 0 Å². The molecule has 0 radical (unpaired) electrons. The molecule has 2 heteroatoms. The molecule has 276 valence electrons. The van der Waals surface area contributed by atoms with Crippen molar-refractivity contribution in [2.45, 2.75) is 38.5 Å². The van der Waals surface area contributed by atoms with Crippen LogP contribution in [0.2, 0.25) is 0 Å². The van der Waals surface area contributed by atoms with Crippen LogP contribution in [0.15, 0.2) is 180 Å². The van der Waals surface area contributed by atoms with Gasteiger partial charge < -0.3 is 9.32 Å². The van der Waals surface area contributed by atoms with Crippen LogP contribution in [0, 0.1) is 0 Å². The second-order valence-electron chi connectivity index (χ2n) is 16.9. The summed E-state index contributed by atoms with van der Waals surface area (Å²) in [5.41, 5.74) is 13.8. The highest BCUT2D eigenvalue weighted by atomic mass is 16.3. The molecule has 2 nitrogen and oxygen atoms in total. The van der Waals surface area contributed by atoms with Gasteiger partial charge in [-0.05, 0) is 102 Å². The van der Waals surface area contributed by atoms with Gasteiger partial charge in [-0.3, -0.25) is 0 Å². The number of nitrogens with zero attached hydrogens (tertiary/aromatic N) is 1. The number of hydrogen-bond donors (Lipinski definition) is 0. The molecule has 10 aromatic rings. The van der Waals surface area contributed by atoms with Crippen LogP contribution >= 0.6 is 0 Å². The third-order valence-electron chi connectivity index (χ3n) is 13.1. The minimum Gasteiger partial charge on any atom is -0.455 e. The Morgan fingerprint density at radius 1 is 0.431 bits per heavy atom. The minimum atomic E-state index is -0.431. The fourth-order valence-corrected chi connectivity index (χ4v) is 10.3. The van der Waals surface area contributed by atoms with E-state index >= 15 is 0 Å². The number of furan rings is 1. The Morgan fingerprint density at radius 3 is 1.53 bits per heavy atom. The average molecular weight is 749 g/mol. The summed E-state index contributed by atoms with van der Waals surface area (Å²) in [4.78, 5) is 2.25. The predicted octanol–water partition coefficient (Wildman–Crippen LogP) is 15.6. The van der Waals surface area contributed by atoms with Crippen LogP contribution in [0.3, 0.4) is 0 Å². The quantitative estimate of drug-likeness (QED) is 0.167. The van der Waals surface area contributed by atoms with Crippen molar-refractivity contribution in [2.24, 2.45) is 0 Å². The maximum atomic E-state index is 9.37. The molecule has 0 saturated carbocycles. The van der Waals surface area contributed by atoms with Crippen molar-refractivity contribution in [3.63, 3.8) is 0 Å². The summed E-state index contributed by atoms with van der Waals surface area (Å²) in [6.45, 7) is 9.14. The fraction of sp³-hybridized carbons (Fsp3) is 0.107. The monoisotopic (exact) mass is 748 g/mol. The summed E-state index contributed by atoms with van der Waals surface area (Å²) in [6, 6.07) is 49.5. The lowest BCUT2D eigenvalue weighted by atomic mass is 9.82. The maximum absolute atomic E-state index is 9.37. The summed E-state index contributed by atoms with van der Waals surface area (Å²) in [5.74, 6) is 0. The Labute approximate surface area is 345 Å².